The second-order valence-corrected chi connectivity index (χ2v) is 6.25. The van der Waals surface area contributed by atoms with Gasteiger partial charge in [-0.05, 0) is 37.6 Å². The van der Waals surface area contributed by atoms with E-state index in [1.165, 1.54) is 0 Å². The third-order valence-electron chi connectivity index (χ3n) is 2.96. The van der Waals surface area contributed by atoms with Crippen molar-refractivity contribution in [3.8, 4) is 11.3 Å². The zero-order valence-corrected chi connectivity index (χ0v) is 13.6. The van der Waals surface area contributed by atoms with Crippen molar-refractivity contribution in [3.63, 3.8) is 0 Å². The number of halogens is 1. The van der Waals surface area contributed by atoms with Gasteiger partial charge in [-0.15, -0.1) is 0 Å². The van der Waals surface area contributed by atoms with Crippen molar-refractivity contribution in [2.45, 2.75) is 26.7 Å². The van der Waals surface area contributed by atoms with Crippen LogP contribution in [0.4, 0.5) is 0 Å². The molecule has 0 aliphatic rings. The maximum absolute atomic E-state index is 5.79. The second-order valence-electron chi connectivity index (χ2n) is 5.33. The molecule has 2 rings (SSSR count). The van der Waals surface area contributed by atoms with E-state index < -0.39 is 0 Å². The molecular formula is C16H21BrN2O. The van der Waals surface area contributed by atoms with Crippen LogP contribution in [0.1, 0.15) is 26.2 Å². The van der Waals surface area contributed by atoms with Gasteiger partial charge in [-0.2, -0.15) is 0 Å². The molecule has 0 amide bonds. The highest BCUT2D eigenvalue weighted by atomic mass is 79.9. The summed E-state index contributed by atoms with van der Waals surface area (Å²) in [7, 11) is 0. The lowest BCUT2D eigenvalue weighted by Gasteiger charge is -2.05. The van der Waals surface area contributed by atoms with Crippen molar-refractivity contribution in [3.05, 3.63) is 40.8 Å². The summed E-state index contributed by atoms with van der Waals surface area (Å²) in [5, 5.41) is 3.43. The van der Waals surface area contributed by atoms with Crippen LogP contribution >= 0.6 is 15.9 Å². The van der Waals surface area contributed by atoms with E-state index in [4.69, 9.17) is 4.42 Å². The third kappa shape index (κ3) is 4.76. The Morgan fingerprint density at radius 2 is 2.20 bits per heavy atom. The number of aryl methyl sites for hydroxylation is 1. The summed E-state index contributed by atoms with van der Waals surface area (Å²) in [5.74, 6) is 2.34. The Balaban J connectivity index is 1.83. The number of hydrogen-bond acceptors (Lipinski definition) is 3. The Kier molecular flexibility index (Phi) is 5.80. The van der Waals surface area contributed by atoms with Gasteiger partial charge in [0.15, 0.2) is 11.7 Å². The zero-order chi connectivity index (χ0) is 14.4. The molecule has 3 nitrogen and oxygen atoms in total. The van der Waals surface area contributed by atoms with Crippen LogP contribution in [0.2, 0.25) is 0 Å². The van der Waals surface area contributed by atoms with Gasteiger partial charge in [0.1, 0.15) is 0 Å². The first-order valence-electron chi connectivity index (χ1n) is 7.06. The number of nitrogens with zero attached hydrogens (tertiary/aromatic N) is 1. The Morgan fingerprint density at radius 1 is 1.35 bits per heavy atom. The standard InChI is InChI=1S/C16H21BrN2O/c1-12(2)10-18-8-4-7-16-19-11-15(20-16)13-5-3-6-14(17)9-13/h3,5-6,9,11-12,18H,4,7-8,10H2,1-2H3. The molecule has 2 aromatic rings. The first-order valence-corrected chi connectivity index (χ1v) is 7.86. The molecular weight excluding hydrogens is 316 g/mol. The van der Waals surface area contributed by atoms with E-state index in [-0.39, 0.29) is 0 Å². The van der Waals surface area contributed by atoms with E-state index in [9.17, 15) is 0 Å². The van der Waals surface area contributed by atoms with Crippen molar-refractivity contribution in [2.75, 3.05) is 13.1 Å². The molecule has 1 heterocycles. The van der Waals surface area contributed by atoms with Gasteiger partial charge >= 0.3 is 0 Å². The molecule has 0 fully saturated rings. The van der Waals surface area contributed by atoms with E-state index in [1.807, 2.05) is 24.3 Å². The van der Waals surface area contributed by atoms with Crippen molar-refractivity contribution in [1.29, 1.82) is 0 Å². The minimum Gasteiger partial charge on any atom is -0.441 e. The third-order valence-corrected chi connectivity index (χ3v) is 3.45. The highest BCUT2D eigenvalue weighted by molar-refractivity contribution is 9.10. The zero-order valence-electron chi connectivity index (χ0n) is 12.0. The van der Waals surface area contributed by atoms with E-state index in [1.54, 1.807) is 6.20 Å². The van der Waals surface area contributed by atoms with E-state index in [2.05, 4.69) is 40.1 Å². The average Bonchev–Trinajstić information content (AvgIpc) is 2.87. The molecule has 0 spiro atoms. The maximum atomic E-state index is 5.79. The lowest BCUT2D eigenvalue weighted by atomic mass is 10.2. The summed E-state index contributed by atoms with van der Waals surface area (Å²) >= 11 is 3.47. The fourth-order valence-corrected chi connectivity index (χ4v) is 2.36. The minimum atomic E-state index is 0.694. The number of benzene rings is 1. The van der Waals surface area contributed by atoms with E-state index in [0.29, 0.717) is 5.92 Å². The van der Waals surface area contributed by atoms with Gasteiger partial charge in [-0.25, -0.2) is 4.98 Å². The topological polar surface area (TPSA) is 38.1 Å². The Bertz CT molecular complexity index is 537. The molecule has 0 aliphatic carbocycles. The molecule has 1 aromatic heterocycles. The van der Waals surface area contributed by atoms with Crippen molar-refractivity contribution in [1.82, 2.24) is 10.3 Å². The van der Waals surface area contributed by atoms with Crippen LogP contribution < -0.4 is 5.32 Å². The highest BCUT2D eigenvalue weighted by Crippen LogP contribution is 2.23. The Labute approximate surface area is 128 Å². The second kappa shape index (κ2) is 7.60. The van der Waals surface area contributed by atoms with Crippen LogP contribution in [0, 0.1) is 5.92 Å². The van der Waals surface area contributed by atoms with E-state index >= 15 is 0 Å². The van der Waals surface area contributed by atoms with Crippen molar-refractivity contribution >= 4 is 15.9 Å². The lowest BCUT2D eigenvalue weighted by Crippen LogP contribution is -2.21. The minimum absolute atomic E-state index is 0.694. The van der Waals surface area contributed by atoms with Gasteiger partial charge in [0.2, 0.25) is 0 Å². The van der Waals surface area contributed by atoms with Crippen molar-refractivity contribution in [2.24, 2.45) is 5.92 Å². The summed E-state index contributed by atoms with van der Waals surface area (Å²) < 4.78 is 6.84. The summed E-state index contributed by atoms with van der Waals surface area (Å²) in [5.41, 5.74) is 1.05. The number of hydrogen-bond donors (Lipinski definition) is 1. The quantitative estimate of drug-likeness (QED) is 0.766. The molecule has 0 bridgehead atoms. The molecule has 108 valence electrons. The van der Waals surface area contributed by atoms with Gasteiger partial charge < -0.3 is 9.73 Å². The normalized spacial score (nSPS) is 11.2. The van der Waals surface area contributed by atoms with Crippen LogP contribution in [0.5, 0.6) is 0 Å². The average molecular weight is 337 g/mol. The predicted molar refractivity (Wildman–Crippen MR) is 85.7 cm³/mol. The van der Waals surface area contributed by atoms with Crippen LogP contribution in [0.25, 0.3) is 11.3 Å². The van der Waals surface area contributed by atoms with Gasteiger partial charge in [-0.3, -0.25) is 0 Å². The number of aromatic nitrogens is 1. The molecule has 4 heteroatoms. The van der Waals surface area contributed by atoms with Gasteiger partial charge in [0.25, 0.3) is 0 Å². The van der Waals surface area contributed by atoms with E-state index in [0.717, 1.165) is 47.6 Å². The van der Waals surface area contributed by atoms with Gasteiger partial charge in [0, 0.05) is 16.5 Å². The molecule has 1 aromatic carbocycles. The molecule has 0 unspecified atom stereocenters. The fraction of sp³-hybridized carbons (Fsp3) is 0.438. The number of oxazole rings is 1. The monoisotopic (exact) mass is 336 g/mol. The summed E-state index contributed by atoms with van der Waals surface area (Å²) in [6, 6.07) is 8.06. The van der Waals surface area contributed by atoms with Crippen LogP contribution in [-0.4, -0.2) is 18.1 Å². The van der Waals surface area contributed by atoms with Gasteiger partial charge in [-0.1, -0.05) is 41.9 Å². The van der Waals surface area contributed by atoms with Crippen LogP contribution in [-0.2, 0) is 6.42 Å². The number of rotatable bonds is 7. The summed E-state index contributed by atoms with van der Waals surface area (Å²) in [6.07, 6.45) is 3.73. The van der Waals surface area contributed by atoms with Gasteiger partial charge in [0.05, 0.1) is 6.20 Å². The number of nitrogens with one attached hydrogen (secondary N) is 1. The Morgan fingerprint density at radius 3 is 2.95 bits per heavy atom. The Hall–Kier alpha value is -1.13. The van der Waals surface area contributed by atoms with Crippen molar-refractivity contribution < 1.29 is 4.42 Å². The van der Waals surface area contributed by atoms with Crippen LogP contribution in [0.3, 0.4) is 0 Å². The first-order chi connectivity index (χ1) is 9.65. The lowest BCUT2D eigenvalue weighted by molar-refractivity contribution is 0.483. The molecule has 0 saturated carbocycles. The molecule has 0 atom stereocenters. The molecule has 0 aliphatic heterocycles. The largest absolute Gasteiger partial charge is 0.441 e. The maximum Gasteiger partial charge on any atom is 0.194 e. The predicted octanol–water partition coefficient (Wildman–Crippen LogP) is 4.28. The smallest absolute Gasteiger partial charge is 0.194 e. The summed E-state index contributed by atoms with van der Waals surface area (Å²) in [4.78, 5) is 4.35. The summed E-state index contributed by atoms with van der Waals surface area (Å²) in [6.45, 7) is 6.50. The molecule has 1 N–H and O–H groups in total. The van der Waals surface area contributed by atoms with Crippen LogP contribution in [0.15, 0.2) is 39.4 Å². The molecule has 20 heavy (non-hydrogen) atoms. The highest BCUT2D eigenvalue weighted by Gasteiger charge is 2.06. The molecule has 0 radical (unpaired) electrons. The molecule has 0 saturated heterocycles. The SMILES string of the molecule is CC(C)CNCCCc1ncc(-c2cccc(Br)c2)o1. The fourth-order valence-electron chi connectivity index (χ4n) is 1.96. The first kappa shape index (κ1) is 15.3.